The van der Waals surface area contributed by atoms with Gasteiger partial charge in [0.15, 0.2) is 0 Å². The van der Waals surface area contributed by atoms with Crippen LogP contribution in [-0.2, 0) is 0 Å². The fourth-order valence-corrected chi connectivity index (χ4v) is 1.97. The lowest BCUT2D eigenvalue weighted by Gasteiger charge is -2.03. The maximum atomic E-state index is 11.2. The van der Waals surface area contributed by atoms with Crippen LogP contribution in [0.3, 0.4) is 0 Å². The monoisotopic (exact) mass is 276 g/mol. The summed E-state index contributed by atoms with van der Waals surface area (Å²) >= 11 is 0. The van der Waals surface area contributed by atoms with Crippen molar-refractivity contribution < 1.29 is 4.92 Å². The highest BCUT2D eigenvalue weighted by Gasteiger charge is 2.29. The van der Waals surface area contributed by atoms with E-state index in [1.807, 2.05) is 27.7 Å². The molecule has 2 heterocycles. The first-order chi connectivity index (χ1) is 9.31. The van der Waals surface area contributed by atoms with Crippen molar-refractivity contribution in [3.63, 3.8) is 0 Å². The first-order valence-electron chi connectivity index (χ1n) is 6.16. The van der Waals surface area contributed by atoms with Crippen molar-refractivity contribution in [2.24, 2.45) is 0 Å². The number of anilines is 1. The fraction of sp³-hybridized carbons (Fsp3) is 0.417. The number of aromatic nitrogens is 4. The van der Waals surface area contributed by atoms with Gasteiger partial charge in [0.05, 0.1) is 4.92 Å². The van der Waals surface area contributed by atoms with Gasteiger partial charge in [-0.25, -0.2) is 9.97 Å². The van der Waals surface area contributed by atoms with Gasteiger partial charge in [-0.3, -0.25) is 10.1 Å². The van der Waals surface area contributed by atoms with Gasteiger partial charge in [0.25, 0.3) is 5.95 Å². The highest BCUT2D eigenvalue weighted by molar-refractivity contribution is 5.59. The number of hydrogen-bond acceptors (Lipinski definition) is 6. The molecule has 0 aliphatic carbocycles. The van der Waals surface area contributed by atoms with Gasteiger partial charge < -0.3 is 5.73 Å². The Labute approximate surface area is 115 Å². The standard InChI is InChI=1S/C12H16N6O2/c1-6(2)9-10(18(19)20)11(13)17(16-9)12-14-7(3)5-8(4)15-12/h5-6H,13H2,1-4H3. The molecule has 0 aliphatic heterocycles. The Bertz CT molecular complexity index is 657. The molecule has 2 N–H and O–H groups in total. The van der Waals surface area contributed by atoms with E-state index in [0.717, 1.165) is 11.4 Å². The first-order valence-corrected chi connectivity index (χ1v) is 6.16. The molecule has 2 rings (SSSR count). The van der Waals surface area contributed by atoms with Crippen LogP contribution in [0.1, 0.15) is 36.8 Å². The van der Waals surface area contributed by atoms with E-state index in [-0.39, 0.29) is 23.4 Å². The van der Waals surface area contributed by atoms with Crippen molar-refractivity contribution in [1.29, 1.82) is 0 Å². The van der Waals surface area contributed by atoms with Gasteiger partial charge in [0.1, 0.15) is 5.69 Å². The van der Waals surface area contributed by atoms with Gasteiger partial charge >= 0.3 is 5.69 Å². The summed E-state index contributed by atoms with van der Waals surface area (Å²) in [7, 11) is 0. The SMILES string of the molecule is Cc1cc(C)nc(-n2nc(C(C)C)c([N+](=O)[O-])c2N)n1. The minimum Gasteiger partial charge on any atom is -0.378 e. The van der Waals surface area contributed by atoms with Gasteiger partial charge in [-0.1, -0.05) is 13.8 Å². The van der Waals surface area contributed by atoms with E-state index in [2.05, 4.69) is 15.1 Å². The molecule has 0 unspecified atom stereocenters. The van der Waals surface area contributed by atoms with Crippen LogP contribution in [0.15, 0.2) is 6.07 Å². The second-order valence-corrected chi connectivity index (χ2v) is 4.89. The number of aryl methyl sites for hydroxylation is 2. The second-order valence-electron chi connectivity index (χ2n) is 4.89. The summed E-state index contributed by atoms with van der Waals surface area (Å²) in [6, 6.07) is 1.81. The molecular formula is C12H16N6O2. The summed E-state index contributed by atoms with van der Waals surface area (Å²) in [6.45, 7) is 7.27. The topological polar surface area (TPSA) is 113 Å². The number of nitrogens with zero attached hydrogens (tertiary/aromatic N) is 5. The van der Waals surface area contributed by atoms with Crippen LogP contribution < -0.4 is 5.73 Å². The molecule has 0 amide bonds. The average Bonchev–Trinajstić information content (AvgIpc) is 2.65. The Morgan fingerprint density at radius 1 is 1.30 bits per heavy atom. The van der Waals surface area contributed by atoms with Gasteiger partial charge in [-0.05, 0) is 19.9 Å². The molecule has 0 saturated carbocycles. The zero-order valence-corrected chi connectivity index (χ0v) is 11.8. The first kappa shape index (κ1) is 13.9. The number of nitro groups is 1. The van der Waals surface area contributed by atoms with E-state index in [0.29, 0.717) is 5.69 Å². The summed E-state index contributed by atoms with van der Waals surface area (Å²) in [6.07, 6.45) is 0. The van der Waals surface area contributed by atoms with Crippen LogP contribution >= 0.6 is 0 Å². The lowest BCUT2D eigenvalue weighted by molar-refractivity contribution is -0.384. The Balaban J connectivity index is 2.69. The van der Waals surface area contributed by atoms with Crippen molar-refractivity contribution in [2.75, 3.05) is 5.73 Å². The molecule has 0 aliphatic rings. The maximum absolute atomic E-state index is 11.2. The van der Waals surface area contributed by atoms with Gasteiger partial charge in [0, 0.05) is 17.3 Å². The molecule has 0 bridgehead atoms. The van der Waals surface area contributed by atoms with Gasteiger partial charge in [-0.15, -0.1) is 0 Å². The molecule has 8 nitrogen and oxygen atoms in total. The van der Waals surface area contributed by atoms with E-state index in [4.69, 9.17) is 5.73 Å². The summed E-state index contributed by atoms with van der Waals surface area (Å²) in [5.74, 6) is 0.0727. The number of rotatable bonds is 3. The van der Waals surface area contributed by atoms with E-state index in [1.165, 1.54) is 4.68 Å². The number of nitrogen functional groups attached to an aromatic ring is 1. The zero-order chi connectivity index (χ0) is 15.0. The normalized spacial score (nSPS) is 11.1. The average molecular weight is 276 g/mol. The van der Waals surface area contributed by atoms with Crippen molar-refractivity contribution in [3.8, 4) is 5.95 Å². The molecule has 0 atom stereocenters. The molecule has 2 aromatic heterocycles. The third-order valence-electron chi connectivity index (χ3n) is 2.81. The van der Waals surface area contributed by atoms with Crippen LogP contribution in [0.2, 0.25) is 0 Å². The van der Waals surface area contributed by atoms with E-state index in [9.17, 15) is 10.1 Å². The van der Waals surface area contributed by atoms with Crippen molar-refractivity contribution in [2.45, 2.75) is 33.6 Å². The molecule has 8 heteroatoms. The number of nitrogens with two attached hydrogens (primary N) is 1. The summed E-state index contributed by atoms with van der Waals surface area (Å²) in [5.41, 5.74) is 7.50. The smallest absolute Gasteiger partial charge is 0.334 e. The minimum atomic E-state index is -0.517. The lowest BCUT2D eigenvalue weighted by Crippen LogP contribution is -2.09. The second kappa shape index (κ2) is 4.87. The van der Waals surface area contributed by atoms with E-state index >= 15 is 0 Å². The zero-order valence-electron chi connectivity index (χ0n) is 11.8. The molecule has 0 spiro atoms. The minimum absolute atomic E-state index is 0.0521. The van der Waals surface area contributed by atoms with Crippen molar-refractivity contribution in [3.05, 3.63) is 33.3 Å². The van der Waals surface area contributed by atoms with Crippen LogP contribution in [0, 0.1) is 24.0 Å². The third kappa shape index (κ3) is 2.31. The lowest BCUT2D eigenvalue weighted by atomic mass is 10.1. The highest BCUT2D eigenvalue weighted by atomic mass is 16.6. The molecular weight excluding hydrogens is 260 g/mol. The molecule has 0 saturated heterocycles. The predicted molar refractivity (Wildman–Crippen MR) is 73.8 cm³/mol. The third-order valence-corrected chi connectivity index (χ3v) is 2.81. The molecule has 0 fully saturated rings. The summed E-state index contributed by atoms with van der Waals surface area (Å²) < 4.78 is 1.23. The quantitative estimate of drug-likeness (QED) is 0.676. The van der Waals surface area contributed by atoms with Crippen molar-refractivity contribution >= 4 is 11.5 Å². The Hall–Kier alpha value is -2.51. The highest BCUT2D eigenvalue weighted by Crippen LogP contribution is 2.32. The van der Waals surface area contributed by atoms with E-state index in [1.54, 1.807) is 6.07 Å². The van der Waals surface area contributed by atoms with Gasteiger partial charge in [0.2, 0.25) is 5.82 Å². The van der Waals surface area contributed by atoms with Crippen LogP contribution in [0.25, 0.3) is 5.95 Å². The molecule has 106 valence electrons. The van der Waals surface area contributed by atoms with Crippen LogP contribution in [-0.4, -0.2) is 24.7 Å². The summed E-state index contributed by atoms with van der Waals surface area (Å²) in [4.78, 5) is 19.1. The molecule has 2 aromatic rings. The van der Waals surface area contributed by atoms with Crippen LogP contribution in [0.5, 0.6) is 0 Å². The molecule has 0 aromatic carbocycles. The van der Waals surface area contributed by atoms with Gasteiger partial charge in [-0.2, -0.15) is 9.78 Å². The fourth-order valence-electron chi connectivity index (χ4n) is 1.97. The predicted octanol–water partition coefficient (Wildman–Crippen LogP) is 1.89. The largest absolute Gasteiger partial charge is 0.378 e. The Morgan fingerprint density at radius 3 is 2.25 bits per heavy atom. The number of hydrogen-bond donors (Lipinski definition) is 1. The Morgan fingerprint density at radius 2 is 1.85 bits per heavy atom. The van der Waals surface area contributed by atoms with Crippen LogP contribution in [0.4, 0.5) is 11.5 Å². The maximum Gasteiger partial charge on any atom is 0.334 e. The molecule has 0 radical (unpaired) electrons. The molecule has 20 heavy (non-hydrogen) atoms. The van der Waals surface area contributed by atoms with Crippen molar-refractivity contribution in [1.82, 2.24) is 19.7 Å². The Kier molecular flexibility index (Phi) is 3.39. The van der Waals surface area contributed by atoms with E-state index < -0.39 is 4.92 Å². The summed E-state index contributed by atoms with van der Waals surface area (Å²) in [5, 5.41) is 15.4.